The Labute approximate surface area is 146 Å². The van der Waals surface area contributed by atoms with Crippen LogP contribution in [0.3, 0.4) is 0 Å². The maximum absolute atomic E-state index is 11.8. The highest BCUT2D eigenvalue weighted by atomic mass is 28.4. The summed E-state index contributed by atoms with van der Waals surface area (Å²) in [7, 11) is -2.61. The van der Waals surface area contributed by atoms with Gasteiger partial charge in [-0.05, 0) is 38.8 Å². The van der Waals surface area contributed by atoms with Crippen molar-refractivity contribution in [3.63, 3.8) is 0 Å². The van der Waals surface area contributed by atoms with Gasteiger partial charge >= 0.3 is 8.80 Å². The molecule has 0 aliphatic rings. The Bertz CT molecular complexity index is 476. The Morgan fingerprint density at radius 2 is 1.62 bits per heavy atom. The molecule has 0 aliphatic heterocycles. The number of amides is 1. The quantitative estimate of drug-likeness (QED) is 0.357. The SMILES string of the molecule is CCO[Si](CCCNC(=O)/C=C\c1ccccc1)(OCC)OCC. The van der Waals surface area contributed by atoms with Gasteiger partial charge in [0.05, 0.1) is 0 Å². The molecule has 0 unspecified atom stereocenters. The first-order valence-corrected chi connectivity index (χ1v) is 10.5. The molecule has 1 N–H and O–H groups in total. The first-order chi connectivity index (χ1) is 11.7. The monoisotopic (exact) mass is 351 g/mol. The van der Waals surface area contributed by atoms with E-state index in [4.69, 9.17) is 13.3 Å². The molecule has 6 heteroatoms. The van der Waals surface area contributed by atoms with Gasteiger partial charge < -0.3 is 18.6 Å². The molecular formula is C18H29NO4Si. The van der Waals surface area contributed by atoms with Gasteiger partial charge in [-0.3, -0.25) is 4.79 Å². The van der Waals surface area contributed by atoms with Crippen LogP contribution >= 0.6 is 0 Å². The van der Waals surface area contributed by atoms with Gasteiger partial charge in [0, 0.05) is 38.5 Å². The second-order valence-electron chi connectivity index (χ2n) is 5.12. The van der Waals surface area contributed by atoms with Crippen LogP contribution in [0.15, 0.2) is 36.4 Å². The lowest BCUT2D eigenvalue weighted by Crippen LogP contribution is -2.46. The molecule has 1 aromatic rings. The minimum absolute atomic E-state index is 0.102. The minimum atomic E-state index is -2.61. The van der Waals surface area contributed by atoms with E-state index in [1.807, 2.05) is 51.1 Å². The third-order valence-electron chi connectivity index (χ3n) is 3.28. The second kappa shape index (κ2) is 12.0. The number of benzene rings is 1. The summed E-state index contributed by atoms with van der Waals surface area (Å²) >= 11 is 0. The molecule has 0 aromatic heterocycles. The molecule has 5 nitrogen and oxygen atoms in total. The molecule has 24 heavy (non-hydrogen) atoms. The summed E-state index contributed by atoms with van der Waals surface area (Å²) in [6.07, 6.45) is 4.11. The molecule has 0 heterocycles. The highest BCUT2D eigenvalue weighted by Crippen LogP contribution is 2.17. The molecule has 0 atom stereocenters. The summed E-state index contributed by atoms with van der Waals surface area (Å²) in [4.78, 5) is 11.8. The van der Waals surface area contributed by atoms with Crippen molar-refractivity contribution in [2.24, 2.45) is 0 Å². The zero-order chi connectivity index (χ0) is 17.7. The summed E-state index contributed by atoms with van der Waals surface area (Å²) in [6, 6.07) is 10.4. The van der Waals surface area contributed by atoms with Crippen LogP contribution in [0.1, 0.15) is 32.8 Å². The van der Waals surface area contributed by atoms with E-state index in [0.717, 1.165) is 12.0 Å². The van der Waals surface area contributed by atoms with E-state index in [9.17, 15) is 4.79 Å². The largest absolute Gasteiger partial charge is 0.500 e. The van der Waals surface area contributed by atoms with E-state index in [1.54, 1.807) is 12.2 Å². The molecule has 0 spiro atoms. The molecule has 0 saturated carbocycles. The first-order valence-electron chi connectivity index (χ1n) is 8.58. The van der Waals surface area contributed by atoms with E-state index >= 15 is 0 Å². The number of rotatable bonds is 12. The number of hydrogen-bond donors (Lipinski definition) is 1. The molecule has 0 saturated heterocycles. The van der Waals surface area contributed by atoms with Crippen LogP contribution in [-0.4, -0.2) is 41.1 Å². The van der Waals surface area contributed by atoms with Gasteiger partial charge in [-0.25, -0.2) is 0 Å². The van der Waals surface area contributed by atoms with Crippen molar-refractivity contribution in [2.75, 3.05) is 26.4 Å². The predicted octanol–water partition coefficient (Wildman–Crippen LogP) is 3.25. The van der Waals surface area contributed by atoms with E-state index in [0.29, 0.717) is 32.4 Å². The van der Waals surface area contributed by atoms with Gasteiger partial charge in [0.25, 0.3) is 0 Å². The fourth-order valence-electron chi connectivity index (χ4n) is 2.31. The fraction of sp³-hybridized carbons (Fsp3) is 0.500. The smallest absolute Gasteiger partial charge is 0.374 e. The zero-order valence-electron chi connectivity index (χ0n) is 14.9. The Morgan fingerprint density at radius 3 is 2.17 bits per heavy atom. The summed E-state index contributed by atoms with van der Waals surface area (Å²) in [5.41, 5.74) is 1.00. The maximum atomic E-state index is 11.8. The molecule has 1 amide bonds. The van der Waals surface area contributed by atoms with Crippen LogP contribution in [0, 0.1) is 0 Å². The summed E-state index contributed by atoms with van der Waals surface area (Å²) in [6.45, 7) is 8.09. The van der Waals surface area contributed by atoms with Crippen molar-refractivity contribution in [1.82, 2.24) is 5.32 Å². The van der Waals surface area contributed by atoms with E-state index in [-0.39, 0.29) is 5.91 Å². The number of nitrogens with one attached hydrogen (secondary N) is 1. The molecule has 134 valence electrons. The van der Waals surface area contributed by atoms with Crippen molar-refractivity contribution in [3.8, 4) is 0 Å². The van der Waals surface area contributed by atoms with Crippen molar-refractivity contribution in [3.05, 3.63) is 42.0 Å². The highest BCUT2D eigenvalue weighted by molar-refractivity contribution is 6.60. The molecular weight excluding hydrogens is 322 g/mol. The average molecular weight is 352 g/mol. The topological polar surface area (TPSA) is 56.8 Å². The minimum Gasteiger partial charge on any atom is -0.374 e. The Morgan fingerprint density at radius 1 is 1.04 bits per heavy atom. The van der Waals surface area contributed by atoms with E-state index < -0.39 is 8.80 Å². The third kappa shape index (κ3) is 7.87. The number of carbonyl (C=O) groups is 1. The number of hydrogen-bond acceptors (Lipinski definition) is 4. The molecule has 0 aliphatic carbocycles. The van der Waals surface area contributed by atoms with Gasteiger partial charge in [0.1, 0.15) is 0 Å². The molecule has 0 fully saturated rings. The van der Waals surface area contributed by atoms with Crippen LogP contribution in [0.2, 0.25) is 6.04 Å². The van der Waals surface area contributed by atoms with Gasteiger partial charge in [-0.2, -0.15) is 0 Å². The Kier molecular flexibility index (Phi) is 10.3. The lowest BCUT2D eigenvalue weighted by atomic mass is 10.2. The molecule has 1 aromatic carbocycles. The van der Waals surface area contributed by atoms with Gasteiger partial charge in [-0.1, -0.05) is 30.3 Å². The summed E-state index contributed by atoms with van der Waals surface area (Å²) in [5, 5.41) is 2.88. The van der Waals surface area contributed by atoms with Crippen molar-refractivity contribution >= 4 is 20.8 Å². The van der Waals surface area contributed by atoms with Crippen LogP contribution in [-0.2, 0) is 18.1 Å². The lowest BCUT2D eigenvalue weighted by molar-refractivity contribution is -0.116. The Balaban J connectivity index is 2.38. The first kappa shape index (κ1) is 20.6. The van der Waals surface area contributed by atoms with Crippen LogP contribution in [0.5, 0.6) is 0 Å². The summed E-state index contributed by atoms with van der Waals surface area (Å²) < 4.78 is 17.4. The molecule has 0 radical (unpaired) electrons. The van der Waals surface area contributed by atoms with Crippen LogP contribution in [0.25, 0.3) is 6.08 Å². The lowest BCUT2D eigenvalue weighted by Gasteiger charge is -2.28. The van der Waals surface area contributed by atoms with E-state index in [1.165, 1.54) is 0 Å². The van der Waals surface area contributed by atoms with Crippen molar-refractivity contribution in [2.45, 2.75) is 33.2 Å². The van der Waals surface area contributed by atoms with Crippen LogP contribution < -0.4 is 5.32 Å². The zero-order valence-corrected chi connectivity index (χ0v) is 15.9. The van der Waals surface area contributed by atoms with Crippen LogP contribution in [0.4, 0.5) is 0 Å². The highest BCUT2D eigenvalue weighted by Gasteiger charge is 2.39. The van der Waals surface area contributed by atoms with Gasteiger partial charge in [0.15, 0.2) is 0 Å². The fourth-order valence-corrected chi connectivity index (χ4v) is 4.92. The Hall–Kier alpha value is -1.47. The van der Waals surface area contributed by atoms with Crippen molar-refractivity contribution in [1.29, 1.82) is 0 Å². The standard InChI is InChI=1S/C18H29NO4Si/c1-4-21-24(22-5-2,23-6-3)16-10-15-19-18(20)14-13-17-11-8-7-9-12-17/h7-9,11-14H,4-6,10,15-16H2,1-3H3,(H,19,20)/b14-13-. The third-order valence-corrected chi connectivity index (χ3v) is 6.43. The molecule has 0 bridgehead atoms. The van der Waals surface area contributed by atoms with Gasteiger partial charge in [-0.15, -0.1) is 0 Å². The second-order valence-corrected chi connectivity index (χ2v) is 7.85. The normalized spacial score (nSPS) is 11.8. The summed E-state index contributed by atoms with van der Waals surface area (Å²) in [5.74, 6) is -0.102. The number of carbonyl (C=O) groups excluding carboxylic acids is 1. The maximum Gasteiger partial charge on any atom is 0.500 e. The average Bonchev–Trinajstić information content (AvgIpc) is 2.59. The molecule has 1 rings (SSSR count). The predicted molar refractivity (Wildman–Crippen MR) is 98.5 cm³/mol. The van der Waals surface area contributed by atoms with E-state index in [2.05, 4.69) is 5.32 Å². The van der Waals surface area contributed by atoms with Crippen molar-refractivity contribution < 1.29 is 18.1 Å². The van der Waals surface area contributed by atoms with Gasteiger partial charge in [0.2, 0.25) is 5.91 Å².